The van der Waals surface area contributed by atoms with E-state index in [2.05, 4.69) is 4.98 Å². The molecule has 5 nitrogen and oxygen atoms in total. The van der Waals surface area contributed by atoms with Gasteiger partial charge in [-0.25, -0.2) is 4.98 Å². The van der Waals surface area contributed by atoms with Crippen LogP contribution in [0.25, 0.3) is 11.5 Å². The first kappa shape index (κ1) is 18.6. The molecule has 0 aliphatic heterocycles. The first-order valence-electron chi connectivity index (χ1n) is 9.01. The van der Waals surface area contributed by atoms with E-state index in [1.54, 1.807) is 36.4 Å². The Morgan fingerprint density at radius 1 is 1.14 bits per heavy atom. The summed E-state index contributed by atoms with van der Waals surface area (Å²) in [6.45, 7) is 2.00. The number of carbonyl (C=O) groups is 2. The lowest BCUT2D eigenvalue weighted by molar-refractivity contribution is 0.0110. The molecule has 0 saturated heterocycles. The monoisotopic (exact) mass is 395 g/mol. The Hall–Kier alpha value is -2.76. The fraction of sp³-hybridized carbons (Fsp3) is 0.227. The van der Waals surface area contributed by atoms with Crippen molar-refractivity contribution in [2.24, 2.45) is 5.92 Å². The number of halogens is 1. The van der Waals surface area contributed by atoms with Gasteiger partial charge in [0.25, 0.3) is 0 Å². The highest BCUT2D eigenvalue weighted by atomic mass is 35.5. The fourth-order valence-corrected chi connectivity index (χ4v) is 3.48. The Balaban J connectivity index is 1.42. The van der Waals surface area contributed by atoms with Gasteiger partial charge in [-0.1, -0.05) is 35.9 Å². The highest BCUT2D eigenvalue weighted by Crippen LogP contribution is 2.29. The third kappa shape index (κ3) is 3.63. The number of Topliss-reactive ketones (excluding diaryl/α,β-unsaturated/α-hetero) is 2. The Morgan fingerprint density at radius 2 is 1.86 bits per heavy atom. The molecule has 0 fully saturated rings. The van der Waals surface area contributed by atoms with Crippen LogP contribution in [0.15, 0.2) is 59.2 Å². The Kier molecular flexibility index (Phi) is 5.11. The van der Waals surface area contributed by atoms with Crippen LogP contribution < -0.4 is 0 Å². The molecule has 0 radical (unpaired) electrons. The van der Waals surface area contributed by atoms with E-state index in [1.165, 1.54) is 6.26 Å². The van der Waals surface area contributed by atoms with Gasteiger partial charge < -0.3 is 9.15 Å². The molecule has 0 bridgehead atoms. The molecule has 2 atom stereocenters. The molecule has 0 amide bonds. The number of ether oxygens (including phenoxy) is 1. The summed E-state index contributed by atoms with van der Waals surface area (Å²) in [5.74, 6) is -0.0994. The van der Waals surface area contributed by atoms with Crippen LogP contribution in [0.4, 0.5) is 0 Å². The average Bonchev–Trinajstić information content (AvgIpc) is 3.18. The topological polar surface area (TPSA) is 69.4 Å². The van der Waals surface area contributed by atoms with Gasteiger partial charge in [-0.2, -0.15) is 0 Å². The lowest BCUT2D eigenvalue weighted by Crippen LogP contribution is -2.35. The van der Waals surface area contributed by atoms with Gasteiger partial charge >= 0.3 is 0 Å². The molecular formula is C22H18ClNO4. The molecule has 3 aromatic rings. The summed E-state index contributed by atoms with van der Waals surface area (Å²) in [5, 5.41) is 0.640. The normalized spacial score (nSPS) is 17.4. The van der Waals surface area contributed by atoms with Gasteiger partial charge in [-0.3, -0.25) is 9.59 Å². The lowest BCUT2D eigenvalue weighted by Gasteiger charge is -2.27. The van der Waals surface area contributed by atoms with Crippen LogP contribution in [0.2, 0.25) is 5.02 Å². The van der Waals surface area contributed by atoms with E-state index in [4.69, 9.17) is 20.8 Å². The molecule has 1 aliphatic carbocycles. The third-order valence-electron chi connectivity index (χ3n) is 4.94. The average molecular weight is 396 g/mol. The van der Waals surface area contributed by atoms with Gasteiger partial charge in [-0.15, -0.1) is 0 Å². The fourth-order valence-electron chi connectivity index (χ4n) is 3.35. The molecule has 6 heteroatoms. The molecule has 1 aromatic heterocycles. The van der Waals surface area contributed by atoms with Crippen molar-refractivity contribution in [2.75, 3.05) is 0 Å². The number of aromatic nitrogens is 1. The Bertz CT molecular complexity index is 1030. The van der Waals surface area contributed by atoms with Crippen LogP contribution in [-0.4, -0.2) is 22.7 Å². The second-order valence-electron chi connectivity index (χ2n) is 6.81. The maximum atomic E-state index is 12.8. The summed E-state index contributed by atoms with van der Waals surface area (Å²) in [7, 11) is 0. The maximum absolute atomic E-state index is 12.8. The minimum atomic E-state index is -0.495. The minimum absolute atomic E-state index is 0.0258. The number of ketones is 2. The largest absolute Gasteiger partial charge is 0.444 e. The van der Waals surface area contributed by atoms with E-state index in [0.29, 0.717) is 27.7 Å². The molecule has 2 aromatic carbocycles. The van der Waals surface area contributed by atoms with Crippen LogP contribution in [0.5, 0.6) is 0 Å². The Labute approximate surface area is 167 Å². The molecule has 1 aliphatic rings. The smallest absolute Gasteiger partial charge is 0.226 e. The van der Waals surface area contributed by atoms with E-state index in [0.717, 1.165) is 5.56 Å². The van der Waals surface area contributed by atoms with Crippen molar-refractivity contribution in [3.8, 4) is 11.5 Å². The van der Waals surface area contributed by atoms with E-state index >= 15 is 0 Å². The first-order valence-corrected chi connectivity index (χ1v) is 9.39. The van der Waals surface area contributed by atoms with Crippen molar-refractivity contribution in [3.05, 3.63) is 76.6 Å². The number of hydrogen-bond acceptors (Lipinski definition) is 5. The number of hydrogen-bond donors (Lipinski definition) is 0. The van der Waals surface area contributed by atoms with Gasteiger partial charge in [0.2, 0.25) is 5.89 Å². The standard InChI is InChI=1S/C22H18ClNO4/c1-13(19-10-20(25)17-4-2-3-5-18(17)21(19)26)27-11-16-12-28-22(24-16)14-6-8-15(23)9-7-14/h2-9,12-13,19H,10-11H2,1H3. The molecule has 1 heterocycles. The summed E-state index contributed by atoms with van der Waals surface area (Å²) in [6.07, 6.45) is 1.27. The SMILES string of the molecule is CC(OCc1coc(-c2ccc(Cl)cc2)n1)C1CC(=O)c2ccccc2C1=O. The summed E-state index contributed by atoms with van der Waals surface area (Å²) in [5.41, 5.74) is 2.41. The van der Waals surface area contributed by atoms with Gasteiger partial charge in [0.05, 0.1) is 18.6 Å². The zero-order valence-electron chi connectivity index (χ0n) is 15.2. The van der Waals surface area contributed by atoms with Crippen molar-refractivity contribution in [2.45, 2.75) is 26.1 Å². The second kappa shape index (κ2) is 7.70. The van der Waals surface area contributed by atoms with E-state index in [-0.39, 0.29) is 24.6 Å². The molecule has 4 rings (SSSR count). The van der Waals surface area contributed by atoms with Crippen molar-refractivity contribution < 1.29 is 18.7 Å². The zero-order valence-corrected chi connectivity index (χ0v) is 16.0. The minimum Gasteiger partial charge on any atom is -0.444 e. The van der Waals surface area contributed by atoms with Crippen molar-refractivity contribution in [1.82, 2.24) is 4.98 Å². The molecular weight excluding hydrogens is 378 g/mol. The van der Waals surface area contributed by atoms with Crippen LogP contribution >= 0.6 is 11.6 Å². The Morgan fingerprint density at radius 3 is 2.61 bits per heavy atom. The van der Waals surface area contributed by atoms with Gasteiger partial charge in [-0.05, 0) is 31.2 Å². The number of oxazole rings is 1. The van der Waals surface area contributed by atoms with Crippen LogP contribution in [-0.2, 0) is 11.3 Å². The van der Waals surface area contributed by atoms with Crippen molar-refractivity contribution in [3.63, 3.8) is 0 Å². The van der Waals surface area contributed by atoms with E-state index in [9.17, 15) is 9.59 Å². The van der Waals surface area contributed by atoms with Crippen LogP contribution in [0.1, 0.15) is 39.8 Å². The van der Waals surface area contributed by atoms with Gasteiger partial charge in [0.15, 0.2) is 11.6 Å². The van der Waals surface area contributed by atoms with Crippen molar-refractivity contribution in [1.29, 1.82) is 0 Å². The van der Waals surface area contributed by atoms with Crippen LogP contribution in [0.3, 0.4) is 0 Å². The quantitative estimate of drug-likeness (QED) is 0.609. The second-order valence-corrected chi connectivity index (χ2v) is 7.25. The number of fused-ring (bicyclic) bond motifs is 1. The highest BCUT2D eigenvalue weighted by molar-refractivity contribution is 6.30. The molecule has 28 heavy (non-hydrogen) atoms. The van der Waals surface area contributed by atoms with E-state index < -0.39 is 12.0 Å². The summed E-state index contributed by atoms with van der Waals surface area (Å²) < 4.78 is 11.4. The molecule has 0 spiro atoms. The molecule has 0 N–H and O–H groups in total. The number of nitrogens with zero attached hydrogens (tertiary/aromatic N) is 1. The number of benzene rings is 2. The first-order chi connectivity index (χ1) is 13.5. The summed E-state index contributed by atoms with van der Waals surface area (Å²) in [4.78, 5) is 29.5. The van der Waals surface area contributed by atoms with Gasteiger partial charge in [0, 0.05) is 28.1 Å². The number of rotatable bonds is 5. The van der Waals surface area contributed by atoms with Gasteiger partial charge in [0.1, 0.15) is 12.0 Å². The van der Waals surface area contributed by atoms with Crippen molar-refractivity contribution >= 4 is 23.2 Å². The molecule has 0 saturated carbocycles. The molecule has 2 unspecified atom stereocenters. The summed E-state index contributed by atoms with van der Waals surface area (Å²) >= 11 is 5.89. The lowest BCUT2D eigenvalue weighted by atomic mass is 9.79. The van der Waals surface area contributed by atoms with E-state index in [1.807, 2.05) is 19.1 Å². The highest BCUT2D eigenvalue weighted by Gasteiger charge is 2.36. The zero-order chi connectivity index (χ0) is 19.7. The summed E-state index contributed by atoms with van der Waals surface area (Å²) in [6, 6.07) is 14.1. The maximum Gasteiger partial charge on any atom is 0.226 e. The predicted molar refractivity (Wildman–Crippen MR) is 104 cm³/mol. The predicted octanol–water partition coefficient (Wildman–Crippen LogP) is 4.99. The third-order valence-corrected chi connectivity index (χ3v) is 5.19. The number of carbonyl (C=O) groups excluding carboxylic acids is 2. The van der Waals surface area contributed by atoms with Crippen LogP contribution in [0, 0.1) is 5.92 Å². The molecule has 142 valence electrons.